The summed E-state index contributed by atoms with van der Waals surface area (Å²) in [7, 11) is 0. The van der Waals surface area contributed by atoms with Crippen molar-refractivity contribution >= 4 is 11.9 Å². The number of halogens is 1. The number of hydrogen-bond donors (Lipinski definition) is 0. The van der Waals surface area contributed by atoms with Crippen molar-refractivity contribution < 1.29 is 9.18 Å². The van der Waals surface area contributed by atoms with Crippen LogP contribution in [0.15, 0.2) is 36.7 Å². The Bertz CT molecular complexity index is 763. The summed E-state index contributed by atoms with van der Waals surface area (Å²) in [5.74, 6) is 0.653. The van der Waals surface area contributed by atoms with E-state index in [4.69, 9.17) is 0 Å². The lowest BCUT2D eigenvalue weighted by atomic mass is 9.96. The zero-order valence-corrected chi connectivity index (χ0v) is 16.8. The van der Waals surface area contributed by atoms with Gasteiger partial charge in [-0.2, -0.15) is 0 Å². The van der Waals surface area contributed by atoms with Gasteiger partial charge in [0.25, 0.3) is 0 Å². The molecule has 1 atom stereocenters. The Balaban J connectivity index is 1.66. The number of piperidine rings is 1. The summed E-state index contributed by atoms with van der Waals surface area (Å²) < 4.78 is 13.1. The molecular formula is C22H29FN4O. The molecule has 1 amide bonds. The fourth-order valence-electron chi connectivity index (χ4n) is 3.67. The number of anilines is 1. The van der Waals surface area contributed by atoms with Crippen molar-refractivity contribution in [2.75, 3.05) is 31.1 Å². The molecule has 1 aliphatic heterocycles. The minimum Gasteiger partial charge on any atom is -0.343 e. The molecule has 1 aromatic heterocycles. The molecule has 150 valence electrons. The SMILES string of the molecule is CCCCN(CC)C(=O)[C@H]1CCCN(c2ncc(-c3ccc(F)cc3)cn2)C1. The van der Waals surface area contributed by atoms with E-state index in [-0.39, 0.29) is 17.6 Å². The van der Waals surface area contributed by atoms with Gasteiger partial charge in [0, 0.05) is 44.1 Å². The van der Waals surface area contributed by atoms with Gasteiger partial charge in [0.2, 0.25) is 11.9 Å². The maximum absolute atomic E-state index is 13.1. The third-order valence-electron chi connectivity index (χ3n) is 5.34. The van der Waals surface area contributed by atoms with Gasteiger partial charge >= 0.3 is 0 Å². The van der Waals surface area contributed by atoms with Crippen LogP contribution in [-0.2, 0) is 4.79 Å². The first-order valence-corrected chi connectivity index (χ1v) is 10.2. The van der Waals surface area contributed by atoms with Gasteiger partial charge in [-0.05, 0) is 43.9 Å². The van der Waals surface area contributed by atoms with Crippen LogP contribution < -0.4 is 4.90 Å². The van der Waals surface area contributed by atoms with Gasteiger partial charge in [0.05, 0.1) is 5.92 Å². The molecule has 2 aromatic rings. The van der Waals surface area contributed by atoms with E-state index >= 15 is 0 Å². The summed E-state index contributed by atoms with van der Waals surface area (Å²) in [6.07, 6.45) is 7.55. The van der Waals surface area contributed by atoms with E-state index in [1.165, 1.54) is 12.1 Å². The Labute approximate surface area is 166 Å². The molecular weight excluding hydrogens is 355 g/mol. The predicted molar refractivity (Wildman–Crippen MR) is 110 cm³/mol. The molecule has 0 saturated carbocycles. The monoisotopic (exact) mass is 384 g/mol. The normalized spacial score (nSPS) is 16.8. The maximum Gasteiger partial charge on any atom is 0.227 e. The molecule has 0 radical (unpaired) electrons. The molecule has 6 heteroatoms. The van der Waals surface area contributed by atoms with Crippen molar-refractivity contribution in [1.82, 2.24) is 14.9 Å². The first-order chi connectivity index (χ1) is 13.6. The predicted octanol–water partition coefficient (Wildman–Crippen LogP) is 4.15. The van der Waals surface area contributed by atoms with E-state index in [1.807, 2.05) is 11.8 Å². The summed E-state index contributed by atoms with van der Waals surface area (Å²) in [5.41, 5.74) is 1.74. The van der Waals surface area contributed by atoms with Gasteiger partial charge in [-0.1, -0.05) is 25.5 Å². The molecule has 28 heavy (non-hydrogen) atoms. The van der Waals surface area contributed by atoms with Gasteiger partial charge in [0.1, 0.15) is 5.82 Å². The van der Waals surface area contributed by atoms with Crippen molar-refractivity contribution in [3.63, 3.8) is 0 Å². The van der Waals surface area contributed by atoms with E-state index in [0.717, 1.165) is 56.4 Å². The minimum atomic E-state index is -0.259. The number of nitrogens with zero attached hydrogens (tertiary/aromatic N) is 4. The second kappa shape index (κ2) is 9.62. The van der Waals surface area contributed by atoms with Crippen LogP contribution in [0.5, 0.6) is 0 Å². The molecule has 0 N–H and O–H groups in total. The van der Waals surface area contributed by atoms with Crippen LogP contribution in [0.25, 0.3) is 11.1 Å². The lowest BCUT2D eigenvalue weighted by Gasteiger charge is -2.34. The number of benzene rings is 1. The van der Waals surface area contributed by atoms with E-state index < -0.39 is 0 Å². The Morgan fingerprint density at radius 2 is 1.89 bits per heavy atom. The van der Waals surface area contributed by atoms with Crippen LogP contribution in [0.3, 0.4) is 0 Å². The summed E-state index contributed by atoms with van der Waals surface area (Å²) in [6.45, 7) is 7.32. The number of carbonyl (C=O) groups is 1. The van der Waals surface area contributed by atoms with E-state index in [9.17, 15) is 9.18 Å². The highest BCUT2D eigenvalue weighted by Gasteiger charge is 2.29. The average molecular weight is 384 g/mol. The zero-order chi connectivity index (χ0) is 19.9. The molecule has 1 fully saturated rings. The van der Waals surface area contributed by atoms with Crippen molar-refractivity contribution in [3.05, 3.63) is 42.5 Å². The molecule has 1 aliphatic rings. The number of unbranched alkanes of at least 4 members (excludes halogenated alkanes) is 1. The third kappa shape index (κ3) is 4.86. The Kier molecular flexibility index (Phi) is 6.95. The molecule has 0 bridgehead atoms. The second-order valence-electron chi connectivity index (χ2n) is 7.34. The van der Waals surface area contributed by atoms with Crippen LogP contribution in [-0.4, -0.2) is 47.0 Å². The van der Waals surface area contributed by atoms with E-state index in [2.05, 4.69) is 21.8 Å². The Morgan fingerprint density at radius 1 is 1.18 bits per heavy atom. The highest BCUT2D eigenvalue weighted by molar-refractivity contribution is 5.79. The van der Waals surface area contributed by atoms with Crippen molar-refractivity contribution in [1.29, 1.82) is 0 Å². The lowest BCUT2D eigenvalue weighted by molar-refractivity contribution is -0.135. The number of hydrogen-bond acceptors (Lipinski definition) is 4. The molecule has 1 saturated heterocycles. The Hall–Kier alpha value is -2.50. The van der Waals surface area contributed by atoms with Gasteiger partial charge in [-0.25, -0.2) is 14.4 Å². The van der Waals surface area contributed by atoms with E-state index in [0.29, 0.717) is 12.5 Å². The van der Waals surface area contributed by atoms with Crippen LogP contribution in [0.4, 0.5) is 10.3 Å². The summed E-state index contributed by atoms with van der Waals surface area (Å²) in [4.78, 5) is 26.0. The van der Waals surface area contributed by atoms with Crippen LogP contribution in [0.1, 0.15) is 39.5 Å². The number of aromatic nitrogens is 2. The first-order valence-electron chi connectivity index (χ1n) is 10.2. The Morgan fingerprint density at radius 3 is 2.54 bits per heavy atom. The largest absolute Gasteiger partial charge is 0.343 e. The molecule has 0 spiro atoms. The smallest absolute Gasteiger partial charge is 0.227 e. The van der Waals surface area contributed by atoms with Gasteiger partial charge < -0.3 is 9.80 Å². The highest BCUT2D eigenvalue weighted by atomic mass is 19.1. The molecule has 3 rings (SSSR count). The van der Waals surface area contributed by atoms with Gasteiger partial charge in [-0.15, -0.1) is 0 Å². The molecule has 1 aromatic carbocycles. The quantitative estimate of drug-likeness (QED) is 0.720. The molecule has 0 unspecified atom stereocenters. The summed E-state index contributed by atoms with van der Waals surface area (Å²) in [5, 5.41) is 0. The number of rotatable bonds is 7. The van der Waals surface area contributed by atoms with Crippen LogP contribution in [0.2, 0.25) is 0 Å². The molecule has 5 nitrogen and oxygen atoms in total. The van der Waals surface area contributed by atoms with Crippen molar-refractivity contribution in [3.8, 4) is 11.1 Å². The lowest BCUT2D eigenvalue weighted by Crippen LogP contribution is -2.45. The zero-order valence-electron chi connectivity index (χ0n) is 16.8. The summed E-state index contributed by atoms with van der Waals surface area (Å²) >= 11 is 0. The summed E-state index contributed by atoms with van der Waals surface area (Å²) in [6, 6.07) is 6.31. The fraction of sp³-hybridized carbons (Fsp3) is 0.500. The average Bonchev–Trinajstić information content (AvgIpc) is 2.75. The standard InChI is InChI=1S/C22H29FN4O/c1-3-5-12-26(4-2)21(28)18-7-6-13-27(16-18)22-24-14-19(15-25-22)17-8-10-20(23)11-9-17/h8-11,14-15,18H,3-7,12-13,16H2,1-2H3/t18-/m0/s1. The van der Waals surface area contributed by atoms with Gasteiger partial charge in [0.15, 0.2) is 0 Å². The topological polar surface area (TPSA) is 49.3 Å². The maximum atomic E-state index is 13.1. The number of carbonyl (C=O) groups excluding carboxylic acids is 1. The van der Waals surface area contributed by atoms with Crippen molar-refractivity contribution in [2.45, 2.75) is 39.5 Å². The third-order valence-corrected chi connectivity index (χ3v) is 5.34. The van der Waals surface area contributed by atoms with Crippen LogP contribution >= 0.6 is 0 Å². The highest BCUT2D eigenvalue weighted by Crippen LogP contribution is 2.24. The second-order valence-corrected chi connectivity index (χ2v) is 7.34. The van der Waals surface area contributed by atoms with E-state index in [1.54, 1.807) is 24.5 Å². The molecule has 0 aliphatic carbocycles. The molecule has 2 heterocycles. The van der Waals surface area contributed by atoms with Crippen molar-refractivity contribution in [2.24, 2.45) is 5.92 Å². The fourth-order valence-corrected chi connectivity index (χ4v) is 3.67. The van der Waals surface area contributed by atoms with Crippen LogP contribution in [0, 0.1) is 11.7 Å². The number of amides is 1. The first kappa shape index (κ1) is 20.2. The van der Waals surface area contributed by atoms with Gasteiger partial charge in [-0.3, -0.25) is 4.79 Å². The minimum absolute atomic E-state index is 0.00549.